The van der Waals surface area contributed by atoms with Crippen molar-refractivity contribution in [1.29, 1.82) is 0 Å². The number of amides is 2. The number of nitrogens with one attached hydrogen (secondary N) is 2. The van der Waals surface area contributed by atoms with Gasteiger partial charge in [-0.2, -0.15) is 13.2 Å². The second-order valence-corrected chi connectivity index (χ2v) is 9.14. The van der Waals surface area contributed by atoms with Crippen LogP contribution in [0.2, 0.25) is 0 Å². The SMILES string of the molecule is C[C@](O)(CS(=O)(=O)c1ccc(F)cc1)C(=O)Nc1ccc(NC(=O)CCl)c(C(F)(F)F)c1. The summed E-state index contributed by atoms with van der Waals surface area (Å²) < 4.78 is 77.9. The number of hydrogen-bond acceptors (Lipinski definition) is 5. The highest BCUT2D eigenvalue weighted by Crippen LogP contribution is 2.37. The van der Waals surface area contributed by atoms with Gasteiger partial charge < -0.3 is 15.7 Å². The number of hydrogen-bond donors (Lipinski definition) is 3. The molecule has 2 amide bonds. The predicted octanol–water partition coefficient (Wildman–Crippen LogP) is 3.19. The van der Waals surface area contributed by atoms with E-state index in [0.29, 0.717) is 6.07 Å². The first-order chi connectivity index (χ1) is 14.7. The molecule has 0 aliphatic heterocycles. The molecule has 174 valence electrons. The van der Waals surface area contributed by atoms with Crippen molar-refractivity contribution in [2.45, 2.75) is 23.6 Å². The maximum atomic E-state index is 13.3. The third kappa shape index (κ3) is 6.40. The Bertz CT molecular complexity index is 1120. The van der Waals surface area contributed by atoms with Gasteiger partial charge in [0.05, 0.1) is 21.9 Å². The van der Waals surface area contributed by atoms with Gasteiger partial charge in [-0.25, -0.2) is 12.8 Å². The lowest BCUT2D eigenvalue weighted by molar-refractivity contribution is -0.137. The van der Waals surface area contributed by atoms with Crippen molar-refractivity contribution in [3.05, 3.63) is 53.8 Å². The first kappa shape index (κ1) is 25.6. The lowest BCUT2D eigenvalue weighted by Gasteiger charge is -2.23. The molecule has 0 spiro atoms. The summed E-state index contributed by atoms with van der Waals surface area (Å²) >= 11 is 5.28. The second kappa shape index (κ2) is 9.43. The zero-order chi connectivity index (χ0) is 24.3. The third-order valence-electron chi connectivity index (χ3n) is 4.11. The van der Waals surface area contributed by atoms with Crippen LogP contribution < -0.4 is 10.6 Å². The minimum atomic E-state index is -4.91. The van der Waals surface area contributed by atoms with Crippen LogP contribution in [-0.4, -0.2) is 42.6 Å². The maximum absolute atomic E-state index is 13.3. The smallest absolute Gasteiger partial charge is 0.379 e. The summed E-state index contributed by atoms with van der Waals surface area (Å²) in [7, 11) is -4.24. The molecule has 7 nitrogen and oxygen atoms in total. The van der Waals surface area contributed by atoms with E-state index in [4.69, 9.17) is 11.6 Å². The lowest BCUT2D eigenvalue weighted by Crippen LogP contribution is -2.45. The van der Waals surface area contributed by atoms with E-state index in [1.807, 2.05) is 10.6 Å². The molecule has 3 N–H and O–H groups in total. The molecular formula is C19H17ClF4N2O5S. The van der Waals surface area contributed by atoms with Crippen LogP contribution in [0.1, 0.15) is 12.5 Å². The summed E-state index contributed by atoms with van der Waals surface area (Å²) in [6.07, 6.45) is -4.91. The van der Waals surface area contributed by atoms with E-state index in [0.717, 1.165) is 43.3 Å². The number of rotatable bonds is 7. The molecule has 0 bridgehead atoms. The van der Waals surface area contributed by atoms with Gasteiger partial charge in [0, 0.05) is 5.69 Å². The van der Waals surface area contributed by atoms with E-state index < -0.39 is 67.8 Å². The normalized spacial score (nSPS) is 13.8. The fourth-order valence-electron chi connectivity index (χ4n) is 2.58. The lowest BCUT2D eigenvalue weighted by atomic mass is 10.1. The summed E-state index contributed by atoms with van der Waals surface area (Å²) in [5.74, 6) is -4.58. The van der Waals surface area contributed by atoms with Gasteiger partial charge in [-0.3, -0.25) is 9.59 Å². The molecule has 13 heteroatoms. The number of sulfone groups is 1. The average Bonchev–Trinajstić information content (AvgIpc) is 2.67. The van der Waals surface area contributed by atoms with Crippen molar-refractivity contribution < 1.29 is 40.7 Å². The van der Waals surface area contributed by atoms with E-state index >= 15 is 0 Å². The highest BCUT2D eigenvalue weighted by Gasteiger charge is 2.38. The molecule has 0 radical (unpaired) electrons. The maximum Gasteiger partial charge on any atom is 0.418 e. The highest BCUT2D eigenvalue weighted by atomic mass is 35.5. The van der Waals surface area contributed by atoms with Crippen molar-refractivity contribution in [1.82, 2.24) is 0 Å². The molecule has 0 aromatic heterocycles. The Morgan fingerprint density at radius 1 is 1.06 bits per heavy atom. The largest absolute Gasteiger partial charge is 0.418 e. The Kier molecular flexibility index (Phi) is 7.53. The predicted molar refractivity (Wildman–Crippen MR) is 109 cm³/mol. The molecule has 0 aliphatic carbocycles. The van der Waals surface area contributed by atoms with Crippen molar-refractivity contribution in [2.75, 3.05) is 22.3 Å². The minimum absolute atomic E-state index is 0.356. The molecule has 32 heavy (non-hydrogen) atoms. The van der Waals surface area contributed by atoms with Crippen LogP contribution in [0.25, 0.3) is 0 Å². The molecule has 2 rings (SSSR count). The summed E-state index contributed by atoms with van der Waals surface area (Å²) in [4.78, 5) is 23.4. The van der Waals surface area contributed by atoms with Crippen LogP contribution in [0.15, 0.2) is 47.4 Å². The van der Waals surface area contributed by atoms with E-state index in [9.17, 15) is 40.7 Å². The number of anilines is 2. The molecule has 0 aliphatic rings. The molecule has 0 saturated heterocycles. The van der Waals surface area contributed by atoms with E-state index in [1.54, 1.807) is 0 Å². The monoisotopic (exact) mass is 496 g/mol. The minimum Gasteiger partial charge on any atom is -0.379 e. The first-order valence-electron chi connectivity index (χ1n) is 8.75. The van der Waals surface area contributed by atoms with Crippen molar-refractivity contribution in [3.8, 4) is 0 Å². The Morgan fingerprint density at radius 2 is 1.66 bits per heavy atom. The highest BCUT2D eigenvalue weighted by molar-refractivity contribution is 7.91. The van der Waals surface area contributed by atoms with E-state index in [-0.39, 0.29) is 4.90 Å². The van der Waals surface area contributed by atoms with Crippen molar-refractivity contribution in [3.63, 3.8) is 0 Å². The van der Waals surface area contributed by atoms with E-state index in [1.165, 1.54) is 0 Å². The molecule has 1 atom stereocenters. The van der Waals surface area contributed by atoms with Crippen LogP contribution in [-0.2, 0) is 25.6 Å². The Morgan fingerprint density at radius 3 is 2.19 bits per heavy atom. The van der Waals surface area contributed by atoms with Gasteiger partial charge >= 0.3 is 6.18 Å². The Balaban J connectivity index is 2.26. The fraction of sp³-hybridized carbons (Fsp3) is 0.263. The Hall–Kier alpha value is -2.70. The van der Waals surface area contributed by atoms with Gasteiger partial charge in [-0.1, -0.05) is 0 Å². The zero-order valence-corrected chi connectivity index (χ0v) is 17.9. The second-order valence-electron chi connectivity index (χ2n) is 6.88. The number of alkyl halides is 4. The van der Waals surface area contributed by atoms with Gasteiger partial charge in [0.25, 0.3) is 5.91 Å². The number of carbonyl (C=O) groups excluding carboxylic acids is 2. The average molecular weight is 497 g/mol. The van der Waals surface area contributed by atoms with Gasteiger partial charge in [-0.05, 0) is 49.4 Å². The summed E-state index contributed by atoms with van der Waals surface area (Å²) in [5.41, 5.74) is -4.86. The van der Waals surface area contributed by atoms with E-state index in [2.05, 4.69) is 0 Å². The number of benzene rings is 2. The number of carbonyl (C=O) groups is 2. The number of halogens is 5. The first-order valence-corrected chi connectivity index (χ1v) is 10.9. The Labute approximate surface area is 185 Å². The summed E-state index contributed by atoms with van der Waals surface area (Å²) in [6, 6.07) is 6.04. The molecule has 0 unspecified atom stereocenters. The van der Waals surface area contributed by atoms with Crippen LogP contribution in [0.3, 0.4) is 0 Å². The fourth-order valence-corrected chi connectivity index (χ4v) is 4.23. The molecule has 2 aromatic rings. The van der Waals surface area contributed by atoms with Crippen LogP contribution in [0, 0.1) is 5.82 Å². The van der Waals surface area contributed by atoms with Gasteiger partial charge in [-0.15, -0.1) is 11.6 Å². The van der Waals surface area contributed by atoms with Crippen molar-refractivity contribution in [2.24, 2.45) is 0 Å². The standard InChI is InChI=1S/C19H17ClF4N2O5S/c1-18(29,10-32(30,31)13-5-2-11(21)3-6-13)17(28)25-12-4-7-15(26-16(27)9-20)14(8-12)19(22,23)24/h2-8,29H,9-10H2,1H3,(H,25,28)(H,26,27)/t18-/m0/s1. The van der Waals surface area contributed by atoms with Gasteiger partial charge in [0.1, 0.15) is 11.7 Å². The topological polar surface area (TPSA) is 113 Å². The molecule has 2 aromatic carbocycles. The molecular weight excluding hydrogens is 480 g/mol. The molecule has 0 heterocycles. The quantitative estimate of drug-likeness (QED) is 0.309. The van der Waals surface area contributed by atoms with Crippen molar-refractivity contribution >= 4 is 44.6 Å². The third-order valence-corrected chi connectivity index (χ3v) is 6.29. The molecule has 0 saturated carbocycles. The number of aliphatic hydroxyl groups is 1. The zero-order valence-electron chi connectivity index (χ0n) is 16.3. The van der Waals surface area contributed by atoms with Crippen LogP contribution in [0.5, 0.6) is 0 Å². The molecule has 0 fully saturated rings. The summed E-state index contributed by atoms with van der Waals surface area (Å²) in [6.45, 7) is 0.864. The summed E-state index contributed by atoms with van der Waals surface area (Å²) in [5, 5.41) is 14.4. The van der Waals surface area contributed by atoms with Gasteiger partial charge in [0.15, 0.2) is 15.4 Å². The van der Waals surface area contributed by atoms with Crippen LogP contribution >= 0.6 is 11.6 Å². The van der Waals surface area contributed by atoms with Gasteiger partial charge in [0.2, 0.25) is 5.91 Å². The van der Waals surface area contributed by atoms with Crippen LogP contribution in [0.4, 0.5) is 28.9 Å².